The molecule has 2 unspecified atom stereocenters. The second kappa shape index (κ2) is 6.14. The van der Waals surface area contributed by atoms with Crippen molar-refractivity contribution in [2.45, 2.75) is 31.8 Å². The highest BCUT2D eigenvalue weighted by Gasteiger charge is 2.29. The first-order chi connectivity index (χ1) is 8.18. The number of piperidine rings is 1. The van der Waals surface area contributed by atoms with Crippen LogP contribution in [0.15, 0.2) is 0 Å². The van der Waals surface area contributed by atoms with Crippen LogP contribution in [0.1, 0.15) is 19.8 Å². The van der Waals surface area contributed by atoms with Crippen molar-refractivity contribution < 1.29 is 0 Å². The van der Waals surface area contributed by atoms with Gasteiger partial charge in [-0.05, 0) is 45.8 Å². The lowest BCUT2D eigenvalue weighted by atomic mass is 9.86. The van der Waals surface area contributed by atoms with Gasteiger partial charge in [-0.25, -0.2) is 0 Å². The maximum absolute atomic E-state index is 6.49. The van der Waals surface area contributed by atoms with Crippen molar-refractivity contribution in [2.75, 3.05) is 46.3 Å². The van der Waals surface area contributed by atoms with Gasteiger partial charge < -0.3 is 16.0 Å². The van der Waals surface area contributed by atoms with E-state index in [0.717, 1.165) is 32.1 Å². The van der Waals surface area contributed by atoms with Gasteiger partial charge >= 0.3 is 0 Å². The van der Waals surface area contributed by atoms with E-state index in [0.29, 0.717) is 12.1 Å². The summed E-state index contributed by atoms with van der Waals surface area (Å²) in [4.78, 5) is 4.97. The molecule has 2 heterocycles. The standard InChI is InChI=1S/C13H28N4/c1-11(17-9-5-15-6-10-17)13(14)12-3-7-16(2)8-4-12/h11-13,15H,3-10,14H2,1-2H3. The number of nitrogens with two attached hydrogens (primary N) is 1. The molecule has 4 nitrogen and oxygen atoms in total. The van der Waals surface area contributed by atoms with Crippen LogP contribution in [0.25, 0.3) is 0 Å². The molecule has 100 valence electrons. The van der Waals surface area contributed by atoms with Gasteiger partial charge in [-0.2, -0.15) is 0 Å². The normalized spacial score (nSPS) is 29.1. The van der Waals surface area contributed by atoms with Crippen molar-refractivity contribution in [3.8, 4) is 0 Å². The van der Waals surface area contributed by atoms with E-state index < -0.39 is 0 Å². The number of hydrogen-bond acceptors (Lipinski definition) is 4. The Labute approximate surface area is 106 Å². The first-order valence-corrected chi connectivity index (χ1v) is 7.07. The zero-order valence-electron chi connectivity index (χ0n) is 11.4. The Bertz CT molecular complexity index is 219. The summed E-state index contributed by atoms with van der Waals surface area (Å²) in [5.74, 6) is 0.719. The molecule has 0 aromatic heterocycles. The molecule has 17 heavy (non-hydrogen) atoms. The van der Waals surface area contributed by atoms with E-state index in [-0.39, 0.29) is 0 Å². The van der Waals surface area contributed by atoms with Gasteiger partial charge in [0.2, 0.25) is 0 Å². The van der Waals surface area contributed by atoms with Crippen molar-refractivity contribution >= 4 is 0 Å². The summed E-state index contributed by atoms with van der Waals surface area (Å²) in [6, 6.07) is 0.882. The molecule has 2 saturated heterocycles. The fourth-order valence-corrected chi connectivity index (χ4v) is 3.14. The molecule has 0 amide bonds. The maximum atomic E-state index is 6.49. The molecule has 0 aromatic rings. The highest BCUT2D eigenvalue weighted by atomic mass is 15.2. The molecule has 3 N–H and O–H groups in total. The van der Waals surface area contributed by atoms with Crippen LogP contribution in [0.5, 0.6) is 0 Å². The zero-order valence-corrected chi connectivity index (χ0v) is 11.4. The van der Waals surface area contributed by atoms with Crippen LogP contribution in [-0.2, 0) is 0 Å². The van der Waals surface area contributed by atoms with Crippen molar-refractivity contribution in [3.63, 3.8) is 0 Å². The minimum absolute atomic E-state index is 0.349. The SMILES string of the molecule is CC(C(N)C1CCN(C)CC1)N1CCNCC1. The predicted molar refractivity (Wildman–Crippen MR) is 72.1 cm³/mol. The van der Waals surface area contributed by atoms with E-state index in [9.17, 15) is 0 Å². The second-order valence-electron chi connectivity index (χ2n) is 5.74. The van der Waals surface area contributed by atoms with Gasteiger partial charge in [0.25, 0.3) is 0 Å². The molecule has 2 aliphatic rings. The molecule has 0 aliphatic carbocycles. The minimum Gasteiger partial charge on any atom is -0.326 e. The molecule has 2 rings (SSSR count). The molecule has 2 atom stereocenters. The molecule has 2 fully saturated rings. The lowest BCUT2D eigenvalue weighted by Crippen LogP contribution is -2.56. The Morgan fingerprint density at radius 1 is 1.12 bits per heavy atom. The van der Waals surface area contributed by atoms with Crippen LogP contribution < -0.4 is 11.1 Å². The number of likely N-dealkylation sites (tertiary alicyclic amines) is 1. The minimum atomic E-state index is 0.349. The van der Waals surface area contributed by atoms with E-state index >= 15 is 0 Å². The topological polar surface area (TPSA) is 44.5 Å². The van der Waals surface area contributed by atoms with Gasteiger partial charge in [0.05, 0.1) is 0 Å². The van der Waals surface area contributed by atoms with E-state index in [2.05, 4.69) is 29.1 Å². The van der Waals surface area contributed by atoms with Gasteiger partial charge in [-0.1, -0.05) is 0 Å². The average molecular weight is 240 g/mol. The van der Waals surface area contributed by atoms with Gasteiger partial charge in [-0.15, -0.1) is 0 Å². The summed E-state index contributed by atoms with van der Waals surface area (Å²) in [5, 5.41) is 3.40. The summed E-state index contributed by atoms with van der Waals surface area (Å²) < 4.78 is 0. The Hall–Kier alpha value is -0.160. The summed E-state index contributed by atoms with van der Waals surface area (Å²) in [6.45, 7) is 9.28. The Morgan fingerprint density at radius 2 is 1.71 bits per heavy atom. The van der Waals surface area contributed by atoms with Gasteiger partial charge in [-0.3, -0.25) is 4.90 Å². The first-order valence-electron chi connectivity index (χ1n) is 7.07. The van der Waals surface area contributed by atoms with Crippen LogP contribution in [0, 0.1) is 5.92 Å². The monoisotopic (exact) mass is 240 g/mol. The third kappa shape index (κ3) is 3.41. The van der Waals surface area contributed by atoms with E-state index in [1.165, 1.54) is 25.9 Å². The lowest BCUT2D eigenvalue weighted by Gasteiger charge is -2.41. The molecule has 0 bridgehead atoms. The molecule has 2 aliphatic heterocycles. The Kier molecular flexibility index (Phi) is 4.79. The third-order valence-corrected chi connectivity index (χ3v) is 4.59. The fourth-order valence-electron chi connectivity index (χ4n) is 3.14. The van der Waals surface area contributed by atoms with Gasteiger partial charge in [0.1, 0.15) is 0 Å². The Morgan fingerprint density at radius 3 is 2.29 bits per heavy atom. The molecule has 0 saturated carbocycles. The number of piperazine rings is 1. The van der Waals surface area contributed by atoms with Crippen LogP contribution in [0.2, 0.25) is 0 Å². The molecule has 0 spiro atoms. The maximum Gasteiger partial charge on any atom is 0.0223 e. The molecule has 0 radical (unpaired) electrons. The summed E-state index contributed by atoms with van der Waals surface area (Å²) in [6.07, 6.45) is 2.54. The summed E-state index contributed by atoms with van der Waals surface area (Å²) >= 11 is 0. The third-order valence-electron chi connectivity index (χ3n) is 4.59. The first kappa shape index (κ1) is 13.3. The van der Waals surface area contributed by atoms with E-state index in [1.54, 1.807) is 0 Å². The van der Waals surface area contributed by atoms with Crippen LogP contribution >= 0.6 is 0 Å². The van der Waals surface area contributed by atoms with Crippen molar-refractivity contribution in [3.05, 3.63) is 0 Å². The fraction of sp³-hybridized carbons (Fsp3) is 1.00. The summed E-state index contributed by atoms with van der Waals surface area (Å²) in [5.41, 5.74) is 6.49. The van der Waals surface area contributed by atoms with Gasteiger partial charge in [0, 0.05) is 38.3 Å². The Balaban J connectivity index is 1.83. The van der Waals surface area contributed by atoms with Crippen molar-refractivity contribution in [1.82, 2.24) is 15.1 Å². The summed E-state index contributed by atoms with van der Waals surface area (Å²) in [7, 11) is 2.21. The van der Waals surface area contributed by atoms with E-state index in [4.69, 9.17) is 5.73 Å². The highest BCUT2D eigenvalue weighted by Crippen LogP contribution is 2.22. The quantitative estimate of drug-likeness (QED) is 0.726. The van der Waals surface area contributed by atoms with Crippen LogP contribution in [0.3, 0.4) is 0 Å². The number of rotatable bonds is 3. The lowest BCUT2D eigenvalue weighted by molar-refractivity contribution is 0.114. The smallest absolute Gasteiger partial charge is 0.0223 e. The van der Waals surface area contributed by atoms with Crippen molar-refractivity contribution in [1.29, 1.82) is 0 Å². The number of nitrogens with zero attached hydrogens (tertiary/aromatic N) is 2. The second-order valence-corrected chi connectivity index (χ2v) is 5.74. The molecule has 0 aromatic carbocycles. The average Bonchev–Trinajstić information content (AvgIpc) is 2.39. The molecule has 4 heteroatoms. The molecular formula is C13H28N4. The van der Waals surface area contributed by atoms with Gasteiger partial charge in [0.15, 0.2) is 0 Å². The van der Waals surface area contributed by atoms with Crippen molar-refractivity contribution in [2.24, 2.45) is 11.7 Å². The van der Waals surface area contributed by atoms with Crippen LogP contribution in [0.4, 0.5) is 0 Å². The molecular weight excluding hydrogens is 212 g/mol. The highest BCUT2D eigenvalue weighted by molar-refractivity contribution is 4.88. The zero-order chi connectivity index (χ0) is 12.3. The largest absolute Gasteiger partial charge is 0.326 e. The van der Waals surface area contributed by atoms with Crippen LogP contribution in [-0.4, -0.2) is 68.2 Å². The number of hydrogen-bond donors (Lipinski definition) is 2. The number of nitrogens with one attached hydrogen (secondary N) is 1. The predicted octanol–water partition coefficient (Wildman–Crippen LogP) is -0.0508. The van der Waals surface area contributed by atoms with E-state index in [1.807, 2.05) is 0 Å².